The fourth-order valence-corrected chi connectivity index (χ4v) is 2.22. The second-order valence-corrected chi connectivity index (χ2v) is 4.66. The van der Waals surface area contributed by atoms with Gasteiger partial charge >= 0.3 is 0 Å². The second-order valence-electron chi connectivity index (χ2n) is 4.66. The molecular weight excluding hydrogens is 255 g/mol. The zero-order valence-electron chi connectivity index (χ0n) is 10.9. The van der Waals surface area contributed by atoms with Crippen molar-refractivity contribution < 1.29 is 9.18 Å². The first-order valence-corrected chi connectivity index (χ1v) is 6.29. The van der Waals surface area contributed by atoms with Crippen molar-refractivity contribution in [3.05, 3.63) is 65.6 Å². The molecule has 2 N–H and O–H groups in total. The third kappa shape index (κ3) is 2.16. The summed E-state index contributed by atoms with van der Waals surface area (Å²) >= 11 is 0. The summed E-state index contributed by atoms with van der Waals surface area (Å²) < 4.78 is 13.0. The molecule has 0 radical (unpaired) electrons. The maximum atomic E-state index is 13.0. The third-order valence-corrected chi connectivity index (χ3v) is 3.27. The number of benzene rings is 2. The Morgan fingerprint density at radius 1 is 1.20 bits per heavy atom. The number of aryl methyl sites for hydroxylation is 1. The molecule has 2 aromatic rings. The number of rotatable bonds is 2. The molecule has 0 fully saturated rings. The highest BCUT2D eigenvalue weighted by molar-refractivity contribution is 6.31. The molecule has 1 aliphatic rings. The standard InChI is InChI=1S/C16H13FN2O/c1-10-8-11(17)6-7-14(10)18-9-13-12-4-2-3-5-15(12)19-16(13)20/h2-9,18H,1H3,(H,19,20). The molecule has 4 heteroatoms. The average molecular weight is 268 g/mol. The van der Waals surface area contributed by atoms with Gasteiger partial charge in [-0.3, -0.25) is 4.79 Å². The lowest BCUT2D eigenvalue weighted by molar-refractivity contribution is -0.110. The van der Waals surface area contributed by atoms with E-state index in [4.69, 9.17) is 0 Å². The summed E-state index contributed by atoms with van der Waals surface area (Å²) in [5, 5.41) is 5.86. The minimum Gasteiger partial charge on any atom is -0.361 e. The molecule has 0 aromatic heterocycles. The van der Waals surface area contributed by atoms with Crippen LogP contribution in [0.2, 0.25) is 0 Å². The zero-order chi connectivity index (χ0) is 14.1. The first-order valence-electron chi connectivity index (χ1n) is 6.29. The van der Waals surface area contributed by atoms with Crippen molar-refractivity contribution in [2.45, 2.75) is 6.92 Å². The Labute approximate surface area is 116 Å². The predicted molar refractivity (Wildman–Crippen MR) is 77.8 cm³/mol. The SMILES string of the molecule is Cc1cc(F)ccc1NC=C1C(=O)Nc2ccccc21. The molecule has 2 aromatic carbocycles. The molecule has 3 nitrogen and oxygen atoms in total. The van der Waals surface area contributed by atoms with E-state index < -0.39 is 0 Å². The van der Waals surface area contributed by atoms with Crippen LogP contribution in [0.1, 0.15) is 11.1 Å². The number of hydrogen-bond donors (Lipinski definition) is 2. The molecule has 0 saturated heterocycles. The van der Waals surface area contributed by atoms with Gasteiger partial charge in [-0.25, -0.2) is 4.39 Å². The number of para-hydroxylation sites is 1. The van der Waals surface area contributed by atoms with Crippen LogP contribution in [0, 0.1) is 12.7 Å². The van der Waals surface area contributed by atoms with Crippen molar-refractivity contribution in [2.24, 2.45) is 0 Å². The van der Waals surface area contributed by atoms with Gasteiger partial charge in [-0.2, -0.15) is 0 Å². The number of carbonyl (C=O) groups is 1. The van der Waals surface area contributed by atoms with Crippen LogP contribution in [0.3, 0.4) is 0 Å². The van der Waals surface area contributed by atoms with Gasteiger partial charge in [0.1, 0.15) is 5.82 Å². The van der Waals surface area contributed by atoms with Crippen molar-refractivity contribution in [3.8, 4) is 0 Å². The van der Waals surface area contributed by atoms with Crippen LogP contribution in [0.15, 0.2) is 48.7 Å². The first-order chi connectivity index (χ1) is 9.65. The van der Waals surface area contributed by atoms with Crippen LogP contribution in [0.25, 0.3) is 5.57 Å². The molecule has 0 spiro atoms. The molecule has 1 aliphatic heterocycles. The quantitative estimate of drug-likeness (QED) is 0.818. The van der Waals surface area contributed by atoms with Crippen LogP contribution in [0.5, 0.6) is 0 Å². The lowest BCUT2D eigenvalue weighted by Gasteiger charge is -2.06. The lowest BCUT2D eigenvalue weighted by atomic mass is 10.1. The summed E-state index contributed by atoms with van der Waals surface area (Å²) in [4.78, 5) is 11.9. The lowest BCUT2D eigenvalue weighted by Crippen LogP contribution is -2.05. The summed E-state index contributed by atoms with van der Waals surface area (Å²) in [6.45, 7) is 1.81. The van der Waals surface area contributed by atoms with Crippen LogP contribution in [0.4, 0.5) is 15.8 Å². The third-order valence-electron chi connectivity index (χ3n) is 3.27. The van der Waals surface area contributed by atoms with Crippen molar-refractivity contribution in [1.29, 1.82) is 0 Å². The molecular formula is C16H13FN2O. The Hall–Kier alpha value is -2.62. The highest BCUT2D eigenvalue weighted by Crippen LogP contribution is 2.31. The van der Waals surface area contributed by atoms with Crippen LogP contribution in [-0.4, -0.2) is 5.91 Å². The predicted octanol–water partition coefficient (Wildman–Crippen LogP) is 3.54. The summed E-state index contributed by atoms with van der Waals surface area (Å²) in [7, 11) is 0. The van der Waals surface area contributed by atoms with Gasteiger partial charge in [-0.1, -0.05) is 18.2 Å². The summed E-state index contributed by atoms with van der Waals surface area (Å²) in [5.41, 5.74) is 3.81. The molecule has 0 aliphatic carbocycles. The summed E-state index contributed by atoms with van der Waals surface area (Å²) in [6.07, 6.45) is 1.65. The largest absolute Gasteiger partial charge is 0.361 e. The number of anilines is 2. The van der Waals surface area contributed by atoms with Crippen LogP contribution >= 0.6 is 0 Å². The second kappa shape index (κ2) is 4.81. The van der Waals surface area contributed by atoms with E-state index in [1.54, 1.807) is 12.3 Å². The smallest absolute Gasteiger partial charge is 0.257 e. The van der Waals surface area contributed by atoms with Gasteiger partial charge in [-0.05, 0) is 36.8 Å². The van der Waals surface area contributed by atoms with Crippen LogP contribution < -0.4 is 10.6 Å². The van der Waals surface area contributed by atoms with E-state index in [0.717, 1.165) is 22.5 Å². The van der Waals surface area contributed by atoms with Gasteiger partial charge in [-0.15, -0.1) is 0 Å². The Bertz CT molecular complexity index is 722. The summed E-state index contributed by atoms with van der Waals surface area (Å²) in [5.74, 6) is -0.414. The number of halogens is 1. The molecule has 0 unspecified atom stereocenters. The number of hydrogen-bond acceptors (Lipinski definition) is 2. The van der Waals surface area contributed by atoms with Gasteiger partial charge in [0.15, 0.2) is 0 Å². The van der Waals surface area contributed by atoms with E-state index in [9.17, 15) is 9.18 Å². The molecule has 1 heterocycles. The van der Waals surface area contributed by atoms with Crippen molar-refractivity contribution in [3.63, 3.8) is 0 Å². The molecule has 0 atom stereocenters. The fourth-order valence-electron chi connectivity index (χ4n) is 2.22. The Morgan fingerprint density at radius 2 is 2.00 bits per heavy atom. The van der Waals surface area contributed by atoms with E-state index in [0.29, 0.717) is 5.57 Å². The minimum absolute atomic E-state index is 0.140. The maximum absolute atomic E-state index is 13.0. The Morgan fingerprint density at radius 3 is 2.80 bits per heavy atom. The van der Waals surface area contributed by atoms with Gasteiger partial charge in [0.05, 0.1) is 5.57 Å². The molecule has 20 heavy (non-hydrogen) atoms. The van der Waals surface area contributed by atoms with Gasteiger partial charge in [0.2, 0.25) is 0 Å². The minimum atomic E-state index is -0.273. The number of fused-ring (bicyclic) bond motifs is 1. The summed E-state index contributed by atoms with van der Waals surface area (Å²) in [6, 6.07) is 12.0. The van der Waals surface area contributed by atoms with Crippen molar-refractivity contribution in [1.82, 2.24) is 0 Å². The number of nitrogens with one attached hydrogen (secondary N) is 2. The van der Waals surface area contributed by atoms with E-state index in [1.165, 1.54) is 12.1 Å². The monoisotopic (exact) mass is 268 g/mol. The normalized spacial score (nSPS) is 15.1. The highest BCUT2D eigenvalue weighted by Gasteiger charge is 2.23. The van der Waals surface area contributed by atoms with Gasteiger partial charge in [0.25, 0.3) is 5.91 Å². The van der Waals surface area contributed by atoms with E-state index in [2.05, 4.69) is 10.6 Å². The topological polar surface area (TPSA) is 41.1 Å². The van der Waals surface area contributed by atoms with Crippen LogP contribution in [-0.2, 0) is 4.79 Å². The van der Waals surface area contributed by atoms with Gasteiger partial charge in [0, 0.05) is 23.1 Å². The molecule has 100 valence electrons. The molecule has 0 bridgehead atoms. The van der Waals surface area contributed by atoms with E-state index in [-0.39, 0.29) is 11.7 Å². The van der Waals surface area contributed by atoms with E-state index >= 15 is 0 Å². The average Bonchev–Trinajstić information content (AvgIpc) is 2.74. The fraction of sp³-hybridized carbons (Fsp3) is 0.0625. The van der Waals surface area contributed by atoms with Crippen molar-refractivity contribution in [2.75, 3.05) is 10.6 Å². The Kier molecular flexibility index (Phi) is 2.99. The molecule has 0 saturated carbocycles. The van der Waals surface area contributed by atoms with E-state index in [1.807, 2.05) is 31.2 Å². The maximum Gasteiger partial charge on any atom is 0.257 e. The first kappa shape index (κ1) is 12.4. The highest BCUT2D eigenvalue weighted by atomic mass is 19.1. The number of carbonyl (C=O) groups excluding carboxylic acids is 1. The molecule has 1 amide bonds. The molecule has 3 rings (SSSR count). The number of amides is 1. The Balaban J connectivity index is 1.91. The zero-order valence-corrected chi connectivity index (χ0v) is 10.9. The van der Waals surface area contributed by atoms with Gasteiger partial charge < -0.3 is 10.6 Å². The van der Waals surface area contributed by atoms with Crippen molar-refractivity contribution >= 4 is 22.9 Å².